The third-order valence-corrected chi connectivity index (χ3v) is 4.27. The number of ether oxygens (including phenoxy) is 2. The molecule has 2 aliphatic heterocycles. The summed E-state index contributed by atoms with van der Waals surface area (Å²) in [6, 6.07) is 7.08. The van der Waals surface area contributed by atoms with Crippen LogP contribution in [0.4, 0.5) is 4.39 Å². The van der Waals surface area contributed by atoms with E-state index in [0.29, 0.717) is 19.8 Å². The second kappa shape index (κ2) is 4.07. The molecule has 2 nitrogen and oxygen atoms in total. The van der Waals surface area contributed by atoms with Crippen LogP contribution in [0.1, 0.15) is 18.9 Å². The number of rotatable bonds is 1. The maximum Gasteiger partial charge on any atom is 0.127 e. The average Bonchev–Trinajstić information content (AvgIpc) is 2.76. The zero-order valence-electron chi connectivity index (χ0n) is 9.99. The Bertz CT molecular complexity index is 420. The Morgan fingerprint density at radius 3 is 3.00 bits per heavy atom. The second-order valence-corrected chi connectivity index (χ2v) is 5.08. The zero-order valence-corrected chi connectivity index (χ0v) is 9.99. The maximum absolute atomic E-state index is 14.0. The highest BCUT2D eigenvalue weighted by atomic mass is 19.1. The fourth-order valence-corrected chi connectivity index (χ4v) is 3.30. The summed E-state index contributed by atoms with van der Waals surface area (Å²) in [6.45, 7) is 4.05. The fourth-order valence-electron chi connectivity index (χ4n) is 3.30. The predicted octanol–water partition coefficient (Wildman–Crippen LogP) is 2.52. The molecule has 2 aliphatic rings. The second-order valence-electron chi connectivity index (χ2n) is 5.08. The van der Waals surface area contributed by atoms with Crippen molar-refractivity contribution < 1.29 is 13.9 Å². The lowest BCUT2D eigenvalue weighted by Gasteiger charge is -2.41. The number of benzene rings is 1. The van der Waals surface area contributed by atoms with E-state index >= 15 is 0 Å². The van der Waals surface area contributed by atoms with E-state index in [1.54, 1.807) is 12.1 Å². The molecule has 0 N–H and O–H groups in total. The van der Waals surface area contributed by atoms with Crippen LogP contribution in [-0.2, 0) is 14.9 Å². The monoisotopic (exact) mass is 236 g/mol. The number of hydrogen-bond acceptors (Lipinski definition) is 2. The van der Waals surface area contributed by atoms with Crippen molar-refractivity contribution in [3.05, 3.63) is 35.6 Å². The summed E-state index contributed by atoms with van der Waals surface area (Å²) in [4.78, 5) is 0. The van der Waals surface area contributed by atoms with Crippen molar-refractivity contribution in [2.45, 2.75) is 24.9 Å². The van der Waals surface area contributed by atoms with Crippen molar-refractivity contribution in [2.24, 2.45) is 5.92 Å². The van der Waals surface area contributed by atoms with Crippen LogP contribution >= 0.6 is 0 Å². The molecule has 2 heterocycles. The predicted molar refractivity (Wildman–Crippen MR) is 62.4 cm³/mol. The van der Waals surface area contributed by atoms with Crippen molar-refractivity contribution in [3.63, 3.8) is 0 Å². The third kappa shape index (κ3) is 1.60. The number of fused-ring (bicyclic) bond motifs is 1. The summed E-state index contributed by atoms with van der Waals surface area (Å²) in [6.07, 6.45) is 0.994. The van der Waals surface area contributed by atoms with E-state index in [-0.39, 0.29) is 23.3 Å². The van der Waals surface area contributed by atoms with Gasteiger partial charge >= 0.3 is 0 Å². The fraction of sp³-hybridized carbons (Fsp3) is 0.571. The molecule has 2 fully saturated rings. The van der Waals surface area contributed by atoms with E-state index in [4.69, 9.17) is 9.47 Å². The molecule has 0 amide bonds. The minimum atomic E-state index is -0.178. The molecule has 1 aromatic carbocycles. The molecule has 3 rings (SSSR count). The highest BCUT2D eigenvalue weighted by Gasteiger charge is 2.51. The summed E-state index contributed by atoms with van der Waals surface area (Å²) >= 11 is 0. The molecule has 2 saturated heterocycles. The SMILES string of the molecule is C[C@H]1OCC[C@]2(c3ccccc3F)COC[C@H]12. The lowest BCUT2D eigenvalue weighted by atomic mass is 9.67. The average molecular weight is 236 g/mol. The first-order chi connectivity index (χ1) is 8.24. The van der Waals surface area contributed by atoms with Gasteiger partial charge in [0.25, 0.3) is 0 Å². The van der Waals surface area contributed by atoms with Gasteiger partial charge in [-0.1, -0.05) is 18.2 Å². The highest BCUT2D eigenvalue weighted by Crippen LogP contribution is 2.46. The van der Waals surface area contributed by atoms with E-state index in [2.05, 4.69) is 6.92 Å². The molecule has 3 heteroatoms. The molecule has 1 aromatic rings. The zero-order chi connectivity index (χ0) is 11.9. The first kappa shape index (κ1) is 11.2. The van der Waals surface area contributed by atoms with Crippen LogP contribution < -0.4 is 0 Å². The highest BCUT2D eigenvalue weighted by molar-refractivity contribution is 5.30. The molecule has 0 saturated carbocycles. The van der Waals surface area contributed by atoms with Crippen LogP contribution in [0.2, 0.25) is 0 Å². The molecule has 92 valence electrons. The van der Waals surface area contributed by atoms with Crippen molar-refractivity contribution in [3.8, 4) is 0 Å². The van der Waals surface area contributed by atoms with Crippen molar-refractivity contribution >= 4 is 0 Å². The summed E-state index contributed by atoms with van der Waals surface area (Å²) < 4.78 is 25.3. The Kier molecular flexibility index (Phi) is 2.68. The van der Waals surface area contributed by atoms with Crippen molar-refractivity contribution in [1.82, 2.24) is 0 Å². The Balaban J connectivity index is 2.07. The van der Waals surface area contributed by atoms with Gasteiger partial charge in [-0.05, 0) is 25.0 Å². The van der Waals surface area contributed by atoms with Gasteiger partial charge in [-0.15, -0.1) is 0 Å². The van der Waals surface area contributed by atoms with Crippen molar-refractivity contribution in [2.75, 3.05) is 19.8 Å². The van der Waals surface area contributed by atoms with Gasteiger partial charge in [-0.2, -0.15) is 0 Å². The summed E-state index contributed by atoms with van der Waals surface area (Å²) in [5, 5.41) is 0. The van der Waals surface area contributed by atoms with Gasteiger partial charge in [0, 0.05) is 17.9 Å². The van der Waals surface area contributed by atoms with E-state index in [1.165, 1.54) is 0 Å². The molecule has 0 aliphatic carbocycles. The first-order valence-corrected chi connectivity index (χ1v) is 6.18. The minimum absolute atomic E-state index is 0.114. The largest absolute Gasteiger partial charge is 0.380 e. The Hall–Kier alpha value is -0.930. The van der Waals surface area contributed by atoms with Gasteiger partial charge in [0.1, 0.15) is 5.82 Å². The van der Waals surface area contributed by atoms with Crippen LogP contribution in [0.5, 0.6) is 0 Å². The lowest BCUT2D eigenvalue weighted by Crippen LogP contribution is -2.46. The van der Waals surface area contributed by atoms with Gasteiger partial charge < -0.3 is 9.47 Å². The molecular weight excluding hydrogens is 219 g/mol. The Labute approximate surface area is 101 Å². The van der Waals surface area contributed by atoms with Crippen LogP contribution in [0.15, 0.2) is 24.3 Å². The standard InChI is InChI=1S/C14H17FO2/c1-10-12-8-16-9-14(12,6-7-17-10)11-4-2-3-5-13(11)15/h2-5,10,12H,6-9H2,1H3/t10-,12-,14-/m1/s1. The van der Waals surface area contributed by atoms with E-state index in [1.807, 2.05) is 12.1 Å². The molecule has 3 atom stereocenters. The van der Waals surface area contributed by atoms with Crippen molar-refractivity contribution in [1.29, 1.82) is 0 Å². The van der Waals surface area contributed by atoms with E-state index in [9.17, 15) is 4.39 Å². The molecule has 0 radical (unpaired) electrons. The van der Waals surface area contributed by atoms with Crippen LogP contribution in [-0.4, -0.2) is 25.9 Å². The van der Waals surface area contributed by atoms with Gasteiger partial charge in [-0.25, -0.2) is 4.39 Å². The molecule has 0 spiro atoms. The van der Waals surface area contributed by atoms with E-state index < -0.39 is 0 Å². The molecule has 0 aromatic heterocycles. The first-order valence-electron chi connectivity index (χ1n) is 6.18. The molecule has 0 bridgehead atoms. The molecule has 0 unspecified atom stereocenters. The summed E-state index contributed by atoms with van der Waals surface area (Å²) in [5.41, 5.74) is 0.626. The maximum atomic E-state index is 14.0. The number of halogens is 1. The summed E-state index contributed by atoms with van der Waals surface area (Å²) in [5.74, 6) is 0.158. The van der Waals surface area contributed by atoms with Crippen LogP contribution in [0.3, 0.4) is 0 Å². The van der Waals surface area contributed by atoms with Gasteiger partial charge in [0.15, 0.2) is 0 Å². The Morgan fingerprint density at radius 1 is 1.35 bits per heavy atom. The number of hydrogen-bond donors (Lipinski definition) is 0. The molecule has 17 heavy (non-hydrogen) atoms. The van der Waals surface area contributed by atoms with Gasteiger partial charge in [0.2, 0.25) is 0 Å². The van der Waals surface area contributed by atoms with Crippen LogP contribution in [0.25, 0.3) is 0 Å². The minimum Gasteiger partial charge on any atom is -0.380 e. The third-order valence-electron chi connectivity index (χ3n) is 4.27. The quantitative estimate of drug-likeness (QED) is 0.746. The topological polar surface area (TPSA) is 18.5 Å². The lowest BCUT2D eigenvalue weighted by molar-refractivity contribution is -0.0432. The van der Waals surface area contributed by atoms with Crippen LogP contribution in [0, 0.1) is 11.7 Å². The van der Waals surface area contributed by atoms with E-state index in [0.717, 1.165) is 12.0 Å². The smallest absolute Gasteiger partial charge is 0.127 e. The Morgan fingerprint density at radius 2 is 2.18 bits per heavy atom. The normalized spacial score (nSPS) is 36.8. The van der Waals surface area contributed by atoms with Gasteiger partial charge in [0.05, 0.1) is 19.3 Å². The summed E-state index contributed by atoms with van der Waals surface area (Å²) in [7, 11) is 0. The molecular formula is C14H17FO2. The van der Waals surface area contributed by atoms with Gasteiger partial charge in [-0.3, -0.25) is 0 Å².